The van der Waals surface area contributed by atoms with Gasteiger partial charge in [-0.2, -0.15) is 5.10 Å². The van der Waals surface area contributed by atoms with Crippen LogP contribution >= 0.6 is 0 Å². The molecule has 0 spiro atoms. The van der Waals surface area contributed by atoms with E-state index in [4.69, 9.17) is 9.47 Å². The van der Waals surface area contributed by atoms with Crippen LogP contribution in [0.4, 0.5) is 11.4 Å². The molecule has 170 valence electrons. The summed E-state index contributed by atoms with van der Waals surface area (Å²) in [5, 5.41) is 25.0. The van der Waals surface area contributed by atoms with Gasteiger partial charge in [0, 0.05) is 11.6 Å². The predicted molar refractivity (Wildman–Crippen MR) is 125 cm³/mol. The Balaban J connectivity index is 1.87. The zero-order valence-corrected chi connectivity index (χ0v) is 18.4. The molecule has 3 aromatic rings. The maximum absolute atomic E-state index is 11.7. The molecule has 33 heavy (non-hydrogen) atoms. The van der Waals surface area contributed by atoms with E-state index in [0.717, 1.165) is 16.7 Å². The average Bonchev–Trinajstić information content (AvgIpc) is 2.79. The molecule has 0 aliphatic rings. The molecule has 3 aromatic carbocycles. The van der Waals surface area contributed by atoms with Crippen molar-refractivity contribution >= 4 is 23.6 Å². The SMILES string of the molecule is COc1cc(C=NNc2ccccc2C(=O)O)cc([N+](=O)[O-])c1OCc1cc(C)ccc1C. The number of carboxylic acid groups (broad SMARTS) is 1. The second kappa shape index (κ2) is 10.3. The van der Waals surface area contributed by atoms with Crippen LogP contribution in [0.25, 0.3) is 0 Å². The lowest BCUT2D eigenvalue weighted by Gasteiger charge is -2.13. The molecule has 0 radical (unpaired) electrons. The van der Waals surface area contributed by atoms with E-state index in [2.05, 4.69) is 10.5 Å². The molecule has 0 saturated carbocycles. The van der Waals surface area contributed by atoms with E-state index in [1.807, 2.05) is 32.0 Å². The number of aryl methyl sites for hydroxylation is 2. The van der Waals surface area contributed by atoms with Crippen molar-refractivity contribution in [1.82, 2.24) is 0 Å². The number of ether oxygens (including phenoxy) is 2. The minimum Gasteiger partial charge on any atom is -0.493 e. The number of carboxylic acids is 1. The number of anilines is 1. The number of hydrazone groups is 1. The predicted octanol–water partition coefficient (Wildman–Crippen LogP) is 4.94. The number of hydrogen-bond acceptors (Lipinski definition) is 7. The maximum Gasteiger partial charge on any atom is 0.337 e. The number of hydrogen-bond donors (Lipinski definition) is 2. The highest BCUT2D eigenvalue weighted by Crippen LogP contribution is 2.38. The number of nitro benzene ring substituents is 1. The molecule has 0 fully saturated rings. The summed E-state index contributed by atoms with van der Waals surface area (Å²) in [7, 11) is 1.39. The fraction of sp³-hybridized carbons (Fsp3) is 0.167. The monoisotopic (exact) mass is 449 g/mol. The van der Waals surface area contributed by atoms with Crippen LogP contribution < -0.4 is 14.9 Å². The van der Waals surface area contributed by atoms with E-state index in [0.29, 0.717) is 5.56 Å². The van der Waals surface area contributed by atoms with Crippen LogP contribution in [0.2, 0.25) is 0 Å². The van der Waals surface area contributed by atoms with Crippen LogP contribution in [0.3, 0.4) is 0 Å². The van der Waals surface area contributed by atoms with E-state index in [9.17, 15) is 20.0 Å². The number of rotatable bonds is 9. The number of nitrogens with zero attached hydrogens (tertiary/aromatic N) is 2. The molecule has 0 amide bonds. The number of methoxy groups -OCH3 is 1. The molecule has 2 N–H and O–H groups in total. The van der Waals surface area contributed by atoms with Gasteiger partial charge in [0.2, 0.25) is 5.75 Å². The molecule has 0 bridgehead atoms. The molecular weight excluding hydrogens is 426 g/mol. The van der Waals surface area contributed by atoms with Gasteiger partial charge in [0.05, 0.1) is 29.5 Å². The molecule has 0 aromatic heterocycles. The fourth-order valence-corrected chi connectivity index (χ4v) is 3.16. The van der Waals surface area contributed by atoms with Crippen molar-refractivity contribution in [3.63, 3.8) is 0 Å². The Hall–Kier alpha value is -4.40. The first-order chi connectivity index (χ1) is 15.8. The zero-order valence-electron chi connectivity index (χ0n) is 18.4. The summed E-state index contributed by atoms with van der Waals surface area (Å²) >= 11 is 0. The van der Waals surface area contributed by atoms with Gasteiger partial charge in [0.1, 0.15) is 6.61 Å². The summed E-state index contributed by atoms with van der Waals surface area (Å²) in [4.78, 5) is 22.5. The van der Waals surface area contributed by atoms with Gasteiger partial charge in [0.15, 0.2) is 5.75 Å². The molecular formula is C24H23N3O6. The van der Waals surface area contributed by atoms with Gasteiger partial charge in [0.25, 0.3) is 0 Å². The number of carbonyl (C=O) groups is 1. The molecule has 0 unspecified atom stereocenters. The van der Waals surface area contributed by atoms with Crippen molar-refractivity contribution in [2.45, 2.75) is 20.5 Å². The smallest absolute Gasteiger partial charge is 0.337 e. The van der Waals surface area contributed by atoms with E-state index in [1.54, 1.807) is 24.3 Å². The first kappa shape index (κ1) is 23.3. The molecule has 3 rings (SSSR count). The largest absolute Gasteiger partial charge is 0.493 e. The standard InChI is InChI=1S/C24H23N3O6/c1-15-8-9-16(2)18(10-15)14-33-23-21(27(30)31)11-17(12-22(23)32-3)13-25-26-20-7-5-4-6-19(20)24(28)29/h4-13,26H,14H2,1-3H3,(H,28,29). The fourth-order valence-electron chi connectivity index (χ4n) is 3.16. The van der Waals surface area contributed by atoms with E-state index in [-0.39, 0.29) is 35.0 Å². The summed E-state index contributed by atoms with van der Waals surface area (Å²) < 4.78 is 11.2. The summed E-state index contributed by atoms with van der Waals surface area (Å²) in [6, 6.07) is 15.1. The van der Waals surface area contributed by atoms with E-state index < -0.39 is 10.9 Å². The van der Waals surface area contributed by atoms with Crippen LogP contribution in [-0.2, 0) is 6.61 Å². The second-order valence-electron chi connectivity index (χ2n) is 7.27. The van der Waals surface area contributed by atoms with E-state index >= 15 is 0 Å². The molecule has 0 saturated heterocycles. The lowest BCUT2D eigenvalue weighted by atomic mass is 10.1. The van der Waals surface area contributed by atoms with Crippen LogP contribution in [-0.4, -0.2) is 29.3 Å². The normalized spacial score (nSPS) is 10.8. The third-order valence-electron chi connectivity index (χ3n) is 4.91. The van der Waals surface area contributed by atoms with Crippen molar-refractivity contribution in [1.29, 1.82) is 0 Å². The lowest BCUT2D eigenvalue weighted by molar-refractivity contribution is -0.386. The molecule has 9 nitrogen and oxygen atoms in total. The van der Waals surface area contributed by atoms with Crippen molar-refractivity contribution < 1.29 is 24.3 Å². The zero-order chi connectivity index (χ0) is 24.0. The number of nitrogens with one attached hydrogen (secondary N) is 1. The van der Waals surface area contributed by atoms with Crippen LogP contribution in [0.15, 0.2) is 59.7 Å². The minimum absolute atomic E-state index is 0.0183. The summed E-state index contributed by atoms with van der Waals surface area (Å²) in [6.45, 7) is 4.05. The number of para-hydroxylation sites is 1. The Morgan fingerprint density at radius 2 is 1.94 bits per heavy atom. The van der Waals surface area contributed by atoms with Gasteiger partial charge >= 0.3 is 11.7 Å². The first-order valence-electron chi connectivity index (χ1n) is 9.97. The van der Waals surface area contributed by atoms with Crippen molar-refractivity contribution in [3.05, 3.63) is 92.5 Å². The molecule has 0 aliphatic heterocycles. The molecule has 0 heterocycles. The van der Waals surface area contributed by atoms with Gasteiger partial charge < -0.3 is 14.6 Å². The third kappa shape index (κ3) is 5.65. The quantitative estimate of drug-likeness (QED) is 0.269. The Morgan fingerprint density at radius 1 is 1.18 bits per heavy atom. The summed E-state index contributed by atoms with van der Waals surface area (Å²) in [5.41, 5.74) is 6.08. The number of nitro groups is 1. The Bertz CT molecular complexity index is 1220. The van der Waals surface area contributed by atoms with Crippen LogP contribution in [0.5, 0.6) is 11.5 Å². The third-order valence-corrected chi connectivity index (χ3v) is 4.91. The summed E-state index contributed by atoms with van der Waals surface area (Å²) in [5.74, 6) is -0.900. The van der Waals surface area contributed by atoms with Crippen molar-refractivity contribution in [2.24, 2.45) is 5.10 Å². The van der Waals surface area contributed by atoms with Gasteiger partial charge in [-0.3, -0.25) is 15.5 Å². The number of aromatic carboxylic acids is 1. The van der Waals surface area contributed by atoms with Gasteiger partial charge in [-0.05, 0) is 43.2 Å². The molecule has 9 heteroatoms. The van der Waals surface area contributed by atoms with Crippen LogP contribution in [0.1, 0.15) is 32.6 Å². The van der Waals surface area contributed by atoms with Gasteiger partial charge in [-0.15, -0.1) is 0 Å². The Kier molecular flexibility index (Phi) is 7.24. The average molecular weight is 449 g/mol. The first-order valence-corrected chi connectivity index (χ1v) is 9.97. The molecule has 0 aliphatic carbocycles. The maximum atomic E-state index is 11.7. The minimum atomic E-state index is -1.10. The highest BCUT2D eigenvalue weighted by molar-refractivity contribution is 5.94. The van der Waals surface area contributed by atoms with Crippen molar-refractivity contribution in [2.75, 3.05) is 12.5 Å². The lowest BCUT2D eigenvalue weighted by Crippen LogP contribution is -2.04. The summed E-state index contributed by atoms with van der Waals surface area (Å²) in [6.07, 6.45) is 1.34. The second-order valence-corrected chi connectivity index (χ2v) is 7.27. The van der Waals surface area contributed by atoms with Crippen molar-refractivity contribution in [3.8, 4) is 11.5 Å². The van der Waals surface area contributed by atoms with E-state index in [1.165, 1.54) is 25.5 Å². The molecule has 0 atom stereocenters. The number of benzene rings is 3. The van der Waals surface area contributed by atoms with Crippen LogP contribution in [0, 0.1) is 24.0 Å². The topological polar surface area (TPSA) is 123 Å². The van der Waals surface area contributed by atoms with Gasteiger partial charge in [-0.25, -0.2) is 4.79 Å². The Labute approximate surface area is 190 Å². The highest BCUT2D eigenvalue weighted by atomic mass is 16.6. The van der Waals surface area contributed by atoms with Gasteiger partial charge in [-0.1, -0.05) is 35.9 Å². The highest BCUT2D eigenvalue weighted by Gasteiger charge is 2.22. The Morgan fingerprint density at radius 3 is 2.64 bits per heavy atom.